The maximum absolute atomic E-state index is 11.7. The maximum atomic E-state index is 11.7. The molecule has 0 atom stereocenters. The van der Waals surface area contributed by atoms with Crippen molar-refractivity contribution in [3.8, 4) is 11.5 Å². The predicted molar refractivity (Wildman–Crippen MR) is 132 cm³/mol. The fraction of sp³-hybridized carbons (Fsp3) is 0.417. The van der Waals surface area contributed by atoms with Crippen LogP contribution in [0, 0.1) is 0 Å². The van der Waals surface area contributed by atoms with Crippen molar-refractivity contribution in [3.63, 3.8) is 0 Å². The van der Waals surface area contributed by atoms with Crippen LogP contribution in [0.1, 0.15) is 36.9 Å². The molecule has 1 aromatic heterocycles. The van der Waals surface area contributed by atoms with E-state index in [1.165, 1.54) is 5.56 Å². The van der Waals surface area contributed by atoms with Crippen LogP contribution in [0.4, 0.5) is 10.7 Å². The number of hydrogen-bond acceptors (Lipinski definition) is 9. The van der Waals surface area contributed by atoms with Gasteiger partial charge in [-0.2, -0.15) is 0 Å². The monoisotopic (exact) mass is 483 g/mol. The molecule has 1 aliphatic carbocycles. The quantitative estimate of drug-likeness (QED) is 0.462. The zero-order valence-corrected chi connectivity index (χ0v) is 20.1. The zero-order chi connectivity index (χ0) is 23.9. The number of imide groups is 1. The first-order valence-corrected chi connectivity index (χ1v) is 12.1. The van der Waals surface area contributed by atoms with Crippen LogP contribution in [0.2, 0.25) is 0 Å². The lowest BCUT2D eigenvalue weighted by Gasteiger charge is -2.29. The highest BCUT2D eigenvalue weighted by Crippen LogP contribution is 2.28. The summed E-state index contributed by atoms with van der Waals surface area (Å²) in [6, 6.07) is 8.56. The second kappa shape index (κ2) is 11.3. The number of benzene rings is 1. The van der Waals surface area contributed by atoms with E-state index in [4.69, 9.17) is 9.47 Å². The Morgan fingerprint density at radius 1 is 1.09 bits per heavy atom. The molecular weight excluding hydrogens is 454 g/mol. The molecule has 9 nitrogen and oxygen atoms in total. The number of rotatable bonds is 9. The van der Waals surface area contributed by atoms with E-state index in [9.17, 15) is 9.59 Å². The Labute approximate surface area is 203 Å². The summed E-state index contributed by atoms with van der Waals surface area (Å²) in [5.41, 5.74) is 1.81. The van der Waals surface area contributed by atoms with Crippen molar-refractivity contribution in [2.45, 2.75) is 44.2 Å². The first kappa shape index (κ1) is 24.0. The summed E-state index contributed by atoms with van der Waals surface area (Å²) in [4.78, 5) is 32.2. The van der Waals surface area contributed by atoms with E-state index in [-0.39, 0.29) is 11.1 Å². The number of carbonyl (C=O) groups excluding carboxylic acids is 2. The molecule has 0 radical (unpaired) electrons. The summed E-state index contributed by atoms with van der Waals surface area (Å²) >= 11 is 0.880. The number of anilines is 1. The van der Waals surface area contributed by atoms with Crippen molar-refractivity contribution in [1.29, 1.82) is 0 Å². The average Bonchev–Trinajstić information content (AvgIpc) is 3.16. The molecule has 0 spiro atoms. The van der Waals surface area contributed by atoms with Crippen LogP contribution in [0.25, 0.3) is 6.08 Å². The smallest absolute Gasteiger partial charge is 0.290 e. The Morgan fingerprint density at radius 2 is 1.85 bits per heavy atom. The van der Waals surface area contributed by atoms with E-state index < -0.39 is 0 Å². The van der Waals surface area contributed by atoms with Gasteiger partial charge in [0.15, 0.2) is 11.5 Å². The van der Waals surface area contributed by atoms with Gasteiger partial charge in [-0.3, -0.25) is 14.9 Å². The summed E-state index contributed by atoms with van der Waals surface area (Å²) in [7, 11) is 3.30. The van der Waals surface area contributed by atoms with Crippen LogP contribution in [-0.4, -0.2) is 54.0 Å². The van der Waals surface area contributed by atoms with Gasteiger partial charge in [0.1, 0.15) is 0 Å². The third-order valence-corrected chi connectivity index (χ3v) is 6.76. The number of ether oxygens (including phenoxy) is 2. The van der Waals surface area contributed by atoms with E-state index in [1.54, 1.807) is 32.6 Å². The van der Waals surface area contributed by atoms with Crippen LogP contribution >= 0.6 is 11.8 Å². The Bertz CT molecular complexity index is 1070. The molecule has 2 aliphatic rings. The van der Waals surface area contributed by atoms with Gasteiger partial charge in [-0.05, 0) is 80.2 Å². The summed E-state index contributed by atoms with van der Waals surface area (Å²) in [5, 5.41) is 8.97. The largest absolute Gasteiger partial charge is 0.493 e. The highest BCUT2D eigenvalue weighted by atomic mass is 32.2. The van der Waals surface area contributed by atoms with Gasteiger partial charge in [-0.15, -0.1) is 0 Å². The molecule has 2 amide bonds. The average molecular weight is 484 g/mol. The number of nitrogens with one attached hydrogen (secondary N) is 3. The molecular formula is C24H29N5O4S. The standard InChI is InChI=1S/C24H29N5O4S/c1-32-19-8-3-15(13-20(19)33-2)9-11-25-16-4-6-17(7-5-16)27-23-26-12-10-18(28-23)14-21-22(30)29-24(31)34-21/h3,8,10,12-14,16-17,25H,4-7,9,11H2,1-2H3,(H,26,27,28)(H,29,30,31). The Hall–Kier alpha value is -3.11. The lowest BCUT2D eigenvalue weighted by Crippen LogP contribution is -2.38. The minimum Gasteiger partial charge on any atom is -0.493 e. The first-order valence-electron chi connectivity index (χ1n) is 11.3. The molecule has 0 unspecified atom stereocenters. The van der Waals surface area contributed by atoms with Gasteiger partial charge in [0.25, 0.3) is 11.1 Å². The Balaban J connectivity index is 1.22. The molecule has 1 saturated carbocycles. The molecule has 180 valence electrons. The van der Waals surface area contributed by atoms with Crippen LogP contribution in [0.3, 0.4) is 0 Å². The summed E-state index contributed by atoms with van der Waals surface area (Å²) in [6.45, 7) is 0.909. The minimum atomic E-state index is -0.389. The third-order valence-electron chi connectivity index (χ3n) is 5.95. The van der Waals surface area contributed by atoms with Gasteiger partial charge in [-0.25, -0.2) is 9.97 Å². The third kappa shape index (κ3) is 6.27. The number of hydrogen-bond donors (Lipinski definition) is 3. The molecule has 1 saturated heterocycles. The highest BCUT2D eigenvalue weighted by Gasteiger charge is 2.25. The molecule has 10 heteroatoms. The van der Waals surface area contributed by atoms with Crippen molar-refractivity contribution in [2.75, 3.05) is 26.1 Å². The van der Waals surface area contributed by atoms with Gasteiger partial charge < -0.3 is 20.1 Å². The van der Waals surface area contributed by atoms with Crippen LogP contribution in [0.5, 0.6) is 11.5 Å². The molecule has 2 heterocycles. The van der Waals surface area contributed by atoms with E-state index in [0.29, 0.717) is 28.6 Å². The number of nitrogens with zero attached hydrogens (tertiary/aromatic N) is 2. The molecule has 34 heavy (non-hydrogen) atoms. The number of carbonyl (C=O) groups is 2. The normalized spacial score (nSPS) is 21.4. The first-order chi connectivity index (χ1) is 16.5. The van der Waals surface area contributed by atoms with Gasteiger partial charge >= 0.3 is 0 Å². The topological polar surface area (TPSA) is 114 Å². The van der Waals surface area contributed by atoms with E-state index in [1.807, 2.05) is 12.1 Å². The summed E-state index contributed by atoms with van der Waals surface area (Å²) < 4.78 is 10.7. The number of amides is 2. The second-order valence-corrected chi connectivity index (χ2v) is 9.26. The van der Waals surface area contributed by atoms with E-state index in [2.05, 4.69) is 32.0 Å². The Kier molecular flexibility index (Phi) is 8.02. The Morgan fingerprint density at radius 3 is 2.56 bits per heavy atom. The molecule has 1 aliphatic heterocycles. The zero-order valence-electron chi connectivity index (χ0n) is 19.3. The lowest BCUT2D eigenvalue weighted by atomic mass is 9.91. The molecule has 3 N–H and O–H groups in total. The van der Waals surface area contributed by atoms with Crippen molar-refractivity contribution < 1.29 is 19.1 Å². The predicted octanol–water partition coefficient (Wildman–Crippen LogP) is 3.37. The number of aromatic nitrogens is 2. The summed E-state index contributed by atoms with van der Waals surface area (Å²) in [6.07, 6.45) is 8.39. The maximum Gasteiger partial charge on any atom is 0.290 e. The molecule has 4 rings (SSSR count). The van der Waals surface area contributed by atoms with Gasteiger partial charge in [-0.1, -0.05) is 6.07 Å². The molecule has 2 fully saturated rings. The molecule has 2 aromatic rings. The van der Waals surface area contributed by atoms with Crippen LogP contribution in [-0.2, 0) is 11.2 Å². The number of methoxy groups -OCH3 is 2. The van der Waals surface area contributed by atoms with Crippen molar-refractivity contribution in [3.05, 3.63) is 46.6 Å². The minimum absolute atomic E-state index is 0.303. The fourth-order valence-corrected chi connectivity index (χ4v) is 4.83. The second-order valence-electron chi connectivity index (χ2n) is 8.24. The van der Waals surface area contributed by atoms with E-state index >= 15 is 0 Å². The van der Waals surface area contributed by atoms with Crippen LogP contribution < -0.4 is 25.4 Å². The van der Waals surface area contributed by atoms with Crippen LogP contribution in [0.15, 0.2) is 35.4 Å². The number of thioether (sulfide) groups is 1. The van der Waals surface area contributed by atoms with E-state index in [0.717, 1.165) is 61.9 Å². The van der Waals surface area contributed by atoms with Gasteiger partial charge in [0, 0.05) is 18.3 Å². The SMILES string of the molecule is COc1ccc(CCNC2CCC(Nc3nccc(C=C4SC(=O)NC4=O)n3)CC2)cc1OC. The van der Waals surface area contributed by atoms with Crippen molar-refractivity contribution >= 4 is 34.9 Å². The van der Waals surface area contributed by atoms with Gasteiger partial charge in [0.05, 0.1) is 24.8 Å². The highest BCUT2D eigenvalue weighted by molar-refractivity contribution is 8.18. The van der Waals surface area contributed by atoms with Crippen molar-refractivity contribution in [1.82, 2.24) is 20.6 Å². The molecule has 1 aromatic carbocycles. The summed E-state index contributed by atoms with van der Waals surface area (Å²) in [5.74, 6) is 1.65. The fourth-order valence-electron chi connectivity index (χ4n) is 4.16. The lowest BCUT2D eigenvalue weighted by molar-refractivity contribution is -0.115. The van der Waals surface area contributed by atoms with Gasteiger partial charge in [0.2, 0.25) is 5.95 Å². The van der Waals surface area contributed by atoms with Crippen molar-refractivity contribution in [2.24, 2.45) is 0 Å². The molecule has 0 bridgehead atoms.